The Morgan fingerprint density at radius 3 is 3.06 bits per heavy atom. The van der Waals surface area contributed by atoms with Gasteiger partial charge in [0.2, 0.25) is 0 Å². The quantitative estimate of drug-likeness (QED) is 0.872. The first-order valence-corrected chi connectivity index (χ1v) is 6.24. The third kappa shape index (κ3) is 2.76. The molecule has 1 unspecified atom stereocenters. The molecule has 16 heavy (non-hydrogen) atoms. The molecule has 0 amide bonds. The van der Waals surface area contributed by atoms with Crippen molar-refractivity contribution in [3.63, 3.8) is 0 Å². The highest BCUT2D eigenvalue weighted by Crippen LogP contribution is 2.15. The standard InChI is InChI=1S/C12H16BrN3/c1-8-3-4-11(13)5-10(8)7-15-12-14-6-9(2)16-12/h3-5,9H,6-7H2,1-2H3,(H2,14,15,16). The van der Waals surface area contributed by atoms with Crippen LogP contribution in [0.2, 0.25) is 0 Å². The van der Waals surface area contributed by atoms with Crippen LogP contribution in [0.15, 0.2) is 27.7 Å². The van der Waals surface area contributed by atoms with E-state index in [1.807, 2.05) is 0 Å². The van der Waals surface area contributed by atoms with Gasteiger partial charge in [-0.1, -0.05) is 22.0 Å². The maximum atomic E-state index is 4.37. The lowest BCUT2D eigenvalue weighted by atomic mass is 10.1. The van der Waals surface area contributed by atoms with Crippen molar-refractivity contribution in [1.82, 2.24) is 10.6 Å². The fourth-order valence-corrected chi connectivity index (χ4v) is 2.08. The van der Waals surface area contributed by atoms with Crippen LogP contribution in [0.4, 0.5) is 0 Å². The number of benzene rings is 1. The summed E-state index contributed by atoms with van der Waals surface area (Å²) >= 11 is 3.49. The molecule has 0 spiro atoms. The highest BCUT2D eigenvalue weighted by Gasteiger charge is 2.11. The van der Waals surface area contributed by atoms with E-state index in [1.165, 1.54) is 11.1 Å². The molecule has 0 aromatic heterocycles. The van der Waals surface area contributed by atoms with E-state index in [1.54, 1.807) is 0 Å². The van der Waals surface area contributed by atoms with Crippen LogP contribution in [0.3, 0.4) is 0 Å². The molecule has 2 N–H and O–H groups in total. The number of aryl methyl sites for hydroxylation is 1. The van der Waals surface area contributed by atoms with Gasteiger partial charge in [-0.2, -0.15) is 0 Å². The molecule has 0 saturated carbocycles. The van der Waals surface area contributed by atoms with Crippen LogP contribution in [0.25, 0.3) is 0 Å². The summed E-state index contributed by atoms with van der Waals surface area (Å²) in [5, 5.41) is 6.60. The third-order valence-electron chi connectivity index (χ3n) is 2.66. The first-order chi connectivity index (χ1) is 7.65. The summed E-state index contributed by atoms with van der Waals surface area (Å²) < 4.78 is 1.12. The Morgan fingerprint density at radius 1 is 1.56 bits per heavy atom. The van der Waals surface area contributed by atoms with Crippen molar-refractivity contribution in [2.75, 3.05) is 6.54 Å². The Hall–Kier alpha value is -1.03. The molecule has 0 aliphatic carbocycles. The third-order valence-corrected chi connectivity index (χ3v) is 3.16. The van der Waals surface area contributed by atoms with Crippen molar-refractivity contribution >= 4 is 21.9 Å². The van der Waals surface area contributed by atoms with Crippen molar-refractivity contribution in [2.45, 2.75) is 26.4 Å². The van der Waals surface area contributed by atoms with Gasteiger partial charge in [0.25, 0.3) is 0 Å². The van der Waals surface area contributed by atoms with Gasteiger partial charge >= 0.3 is 0 Å². The molecule has 0 radical (unpaired) electrons. The summed E-state index contributed by atoms with van der Waals surface area (Å²) in [6, 6.07) is 6.77. The summed E-state index contributed by atoms with van der Waals surface area (Å²) in [6.07, 6.45) is 0. The zero-order valence-electron chi connectivity index (χ0n) is 9.55. The van der Waals surface area contributed by atoms with Crippen LogP contribution < -0.4 is 10.6 Å². The van der Waals surface area contributed by atoms with Crippen LogP contribution >= 0.6 is 15.9 Å². The second kappa shape index (κ2) is 4.87. The summed E-state index contributed by atoms with van der Waals surface area (Å²) in [6.45, 7) is 5.92. The van der Waals surface area contributed by atoms with Crippen molar-refractivity contribution < 1.29 is 0 Å². The van der Waals surface area contributed by atoms with Gasteiger partial charge in [0.15, 0.2) is 5.96 Å². The Morgan fingerprint density at radius 2 is 2.38 bits per heavy atom. The Kier molecular flexibility index (Phi) is 3.49. The van der Waals surface area contributed by atoms with Crippen LogP contribution in [-0.4, -0.2) is 18.5 Å². The van der Waals surface area contributed by atoms with Crippen molar-refractivity contribution in [3.05, 3.63) is 33.8 Å². The van der Waals surface area contributed by atoms with Gasteiger partial charge in [-0.15, -0.1) is 0 Å². The molecule has 1 heterocycles. The maximum Gasteiger partial charge on any atom is 0.191 e. The van der Waals surface area contributed by atoms with Crippen LogP contribution in [0.1, 0.15) is 18.1 Å². The van der Waals surface area contributed by atoms with Crippen LogP contribution in [0, 0.1) is 6.92 Å². The molecule has 86 valence electrons. The maximum absolute atomic E-state index is 4.37. The number of hydrogen-bond acceptors (Lipinski definition) is 3. The summed E-state index contributed by atoms with van der Waals surface area (Å²) in [4.78, 5) is 4.37. The lowest BCUT2D eigenvalue weighted by Crippen LogP contribution is -2.37. The minimum absolute atomic E-state index is 0.450. The molecular weight excluding hydrogens is 266 g/mol. The topological polar surface area (TPSA) is 36.4 Å². The highest BCUT2D eigenvalue weighted by atomic mass is 79.9. The van der Waals surface area contributed by atoms with Gasteiger partial charge in [-0.25, -0.2) is 0 Å². The Balaban J connectivity index is 1.97. The van der Waals surface area contributed by atoms with E-state index in [4.69, 9.17) is 0 Å². The average Bonchev–Trinajstić information content (AvgIpc) is 2.66. The zero-order valence-corrected chi connectivity index (χ0v) is 11.1. The lowest BCUT2D eigenvalue weighted by Gasteiger charge is -2.10. The molecule has 1 aromatic rings. The van der Waals surface area contributed by atoms with E-state index in [9.17, 15) is 0 Å². The number of aliphatic imine (C=N–C) groups is 1. The minimum Gasteiger partial charge on any atom is -0.352 e. The normalized spacial score (nSPS) is 19.2. The first-order valence-electron chi connectivity index (χ1n) is 5.45. The fraction of sp³-hybridized carbons (Fsp3) is 0.417. The van der Waals surface area contributed by atoms with Crippen molar-refractivity contribution in [1.29, 1.82) is 0 Å². The molecule has 1 atom stereocenters. The van der Waals surface area contributed by atoms with E-state index in [0.717, 1.165) is 23.5 Å². The van der Waals surface area contributed by atoms with Gasteiger partial charge in [0.05, 0.1) is 6.54 Å². The largest absolute Gasteiger partial charge is 0.352 e. The lowest BCUT2D eigenvalue weighted by molar-refractivity contribution is 0.713. The number of rotatable bonds is 2. The highest BCUT2D eigenvalue weighted by molar-refractivity contribution is 9.10. The second-order valence-electron chi connectivity index (χ2n) is 4.16. The van der Waals surface area contributed by atoms with Crippen LogP contribution in [0.5, 0.6) is 0 Å². The monoisotopic (exact) mass is 281 g/mol. The first kappa shape index (κ1) is 11.5. The molecule has 1 aliphatic rings. The van der Waals surface area contributed by atoms with E-state index < -0.39 is 0 Å². The fourth-order valence-electron chi connectivity index (χ4n) is 1.67. The number of nitrogens with one attached hydrogen (secondary N) is 2. The van der Waals surface area contributed by atoms with E-state index in [-0.39, 0.29) is 0 Å². The molecule has 2 rings (SSSR count). The van der Waals surface area contributed by atoms with Gasteiger partial charge in [0.1, 0.15) is 0 Å². The second-order valence-corrected chi connectivity index (χ2v) is 5.07. The van der Waals surface area contributed by atoms with Gasteiger partial charge < -0.3 is 10.6 Å². The predicted octanol–water partition coefficient (Wildman–Crippen LogP) is 2.19. The van der Waals surface area contributed by atoms with Crippen molar-refractivity contribution in [3.8, 4) is 0 Å². The average molecular weight is 282 g/mol. The Labute approximate surface area is 104 Å². The van der Waals surface area contributed by atoms with E-state index >= 15 is 0 Å². The number of hydrogen-bond donors (Lipinski definition) is 2. The smallest absolute Gasteiger partial charge is 0.191 e. The molecule has 1 aromatic carbocycles. The van der Waals surface area contributed by atoms with Gasteiger partial charge in [-0.3, -0.25) is 4.99 Å². The Bertz CT molecular complexity index is 415. The molecular formula is C12H16BrN3. The molecule has 1 aliphatic heterocycles. The zero-order chi connectivity index (χ0) is 11.5. The predicted molar refractivity (Wildman–Crippen MR) is 70.6 cm³/mol. The molecule has 0 fully saturated rings. The number of nitrogens with zero attached hydrogens (tertiary/aromatic N) is 1. The SMILES string of the molecule is Cc1ccc(Br)cc1CNC1=NCC(C)N1. The molecule has 0 saturated heterocycles. The number of halogens is 1. The summed E-state index contributed by atoms with van der Waals surface area (Å²) in [5.41, 5.74) is 2.58. The molecule has 3 nitrogen and oxygen atoms in total. The number of guanidine groups is 1. The summed E-state index contributed by atoms with van der Waals surface area (Å²) in [7, 11) is 0. The van der Waals surface area contributed by atoms with E-state index in [2.05, 4.69) is 63.6 Å². The van der Waals surface area contributed by atoms with Crippen molar-refractivity contribution in [2.24, 2.45) is 4.99 Å². The molecule has 4 heteroatoms. The van der Waals surface area contributed by atoms with E-state index in [0.29, 0.717) is 6.04 Å². The minimum atomic E-state index is 0.450. The molecule has 0 bridgehead atoms. The summed E-state index contributed by atoms with van der Waals surface area (Å²) in [5.74, 6) is 0.909. The van der Waals surface area contributed by atoms with Gasteiger partial charge in [-0.05, 0) is 37.1 Å². The van der Waals surface area contributed by atoms with Gasteiger partial charge in [0, 0.05) is 17.1 Å². The van der Waals surface area contributed by atoms with Crippen LogP contribution in [-0.2, 0) is 6.54 Å².